The smallest absolute Gasteiger partial charge is 0.266 e. The van der Waals surface area contributed by atoms with Crippen molar-refractivity contribution in [1.29, 1.82) is 5.26 Å². The monoisotopic (exact) mass is 680 g/mol. The highest BCUT2D eigenvalue weighted by Gasteiger charge is 2.17. The molecule has 0 fully saturated rings. The van der Waals surface area contributed by atoms with Crippen LogP contribution < -0.4 is 10.1 Å². The normalized spacial score (nSPS) is 11.1. The molecule has 0 aliphatic heterocycles. The molecule has 162 valence electrons. The molecular weight excluding hydrogens is 668 g/mol. The van der Waals surface area contributed by atoms with Crippen molar-refractivity contribution in [3.8, 4) is 11.8 Å². The first-order valence-electron chi connectivity index (χ1n) is 9.33. The zero-order valence-corrected chi connectivity index (χ0v) is 23.1. The van der Waals surface area contributed by atoms with Gasteiger partial charge in [0.15, 0.2) is 0 Å². The minimum Gasteiger partial charge on any atom is -0.487 e. The van der Waals surface area contributed by atoms with Gasteiger partial charge in [-0.3, -0.25) is 4.79 Å². The number of hydrogen-bond acceptors (Lipinski definition) is 3. The van der Waals surface area contributed by atoms with E-state index in [0.29, 0.717) is 37.0 Å². The van der Waals surface area contributed by atoms with Gasteiger partial charge in [0.25, 0.3) is 5.91 Å². The number of aryl methyl sites for hydroxylation is 1. The predicted molar refractivity (Wildman–Crippen MR) is 141 cm³/mol. The average Bonchev–Trinajstić information content (AvgIpc) is 2.74. The molecular formula is C24H16Br4N2O2. The summed E-state index contributed by atoms with van der Waals surface area (Å²) < 4.78 is 8.95. The van der Waals surface area contributed by atoms with E-state index in [1.54, 1.807) is 6.07 Å². The minimum atomic E-state index is -0.525. The summed E-state index contributed by atoms with van der Waals surface area (Å²) in [4.78, 5) is 12.9. The quantitative estimate of drug-likeness (QED) is 0.211. The van der Waals surface area contributed by atoms with Crippen LogP contribution in [0.25, 0.3) is 6.08 Å². The highest BCUT2D eigenvalue weighted by Crippen LogP contribution is 2.36. The minimum absolute atomic E-state index is 0.0565. The Labute approximate surface area is 220 Å². The van der Waals surface area contributed by atoms with Crippen molar-refractivity contribution < 1.29 is 9.53 Å². The molecule has 0 spiro atoms. The Bertz CT molecular complexity index is 1210. The fourth-order valence-electron chi connectivity index (χ4n) is 2.87. The van der Waals surface area contributed by atoms with Crippen molar-refractivity contribution in [1.82, 2.24) is 0 Å². The van der Waals surface area contributed by atoms with Gasteiger partial charge in [-0.2, -0.15) is 5.26 Å². The number of anilines is 1. The number of halogens is 4. The number of hydrogen-bond donors (Lipinski definition) is 1. The summed E-state index contributed by atoms with van der Waals surface area (Å²) in [5, 5.41) is 12.5. The van der Waals surface area contributed by atoms with Gasteiger partial charge in [-0.05, 0) is 96.2 Å². The zero-order valence-electron chi connectivity index (χ0n) is 16.8. The number of nitrogens with zero attached hydrogens (tertiary/aromatic N) is 1. The maximum Gasteiger partial charge on any atom is 0.266 e. The number of nitrogens with one attached hydrogen (secondary N) is 1. The third-order valence-electron chi connectivity index (χ3n) is 4.35. The molecule has 3 aromatic carbocycles. The standard InChI is InChI=1S/C24H16Br4N2O2/c1-14-7-19(26)22(20(27)8-14)30-24(31)17(12-29)9-16-10-18(25)11-21(28)23(16)32-13-15-5-3-2-4-6-15/h2-11H,13H2,1H3,(H,30,31)/b17-9+. The fraction of sp³-hybridized carbons (Fsp3) is 0.0833. The molecule has 0 unspecified atom stereocenters. The molecule has 0 aliphatic carbocycles. The second kappa shape index (κ2) is 11.3. The van der Waals surface area contributed by atoms with Crippen molar-refractivity contribution in [3.63, 3.8) is 0 Å². The van der Waals surface area contributed by atoms with E-state index in [4.69, 9.17) is 4.74 Å². The van der Waals surface area contributed by atoms with Crippen molar-refractivity contribution >= 4 is 81.4 Å². The molecule has 0 radical (unpaired) electrons. The van der Waals surface area contributed by atoms with Crippen LogP contribution in [0, 0.1) is 18.3 Å². The van der Waals surface area contributed by atoms with Gasteiger partial charge in [0, 0.05) is 19.0 Å². The molecule has 3 aromatic rings. The van der Waals surface area contributed by atoms with E-state index in [9.17, 15) is 10.1 Å². The van der Waals surface area contributed by atoms with E-state index in [0.717, 1.165) is 15.6 Å². The van der Waals surface area contributed by atoms with Gasteiger partial charge in [0.05, 0.1) is 10.2 Å². The Morgan fingerprint density at radius 2 is 1.69 bits per heavy atom. The topological polar surface area (TPSA) is 62.1 Å². The summed E-state index contributed by atoms with van der Waals surface area (Å²) in [7, 11) is 0. The third-order valence-corrected chi connectivity index (χ3v) is 6.65. The maximum atomic E-state index is 12.9. The number of benzene rings is 3. The molecule has 0 saturated heterocycles. The van der Waals surface area contributed by atoms with Gasteiger partial charge in [0.2, 0.25) is 0 Å². The third kappa shape index (κ3) is 6.32. The van der Waals surface area contributed by atoms with Crippen LogP contribution in [0.3, 0.4) is 0 Å². The first-order valence-corrected chi connectivity index (χ1v) is 12.5. The van der Waals surface area contributed by atoms with Crippen LogP contribution in [-0.2, 0) is 11.4 Å². The maximum absolute atomic E-state index is 12.9. The number of ether oxygens (including phenoxy) is 1. The highest BCUT2D eigenvalue weighted by molar-refractivity contribution is 9.11. The van der Waals surface area contributed by atoms with Crippen LogP contribution in [0.15, 0.2) is 78.1 Å². The van der Waals surface area contributed by atoms with Crippen LogP contribution in [0.5, 0.6) is 5.75 Å². The summed E-state index contributed by atoms with van der Waals surface area (Å²) in [6.07, 6.45) is 1.52. The summed E-state index contributed by atoms with van der Waals surface area (Å²) in [5.41, 5.74) is 3.12. The van der Waals surface area contributed by atoms with E-state index in [2.05, 4.69) is 69.0 Å². The lowest BCUT2D eigenvalue weighted by Gasteiger charge is -2.13. The Hall–Kier alpha value is -1.92. The molecule has 0 heterocycles. The summed E-state index contributed by atoms with van der Waals surface area (Å²) >= 11 is 13.9. The van der Waals surface area contributed by atoms with E-state index >= 15 is 0 Å². The molecule has 1 amide bonds. The summed E-state index contributed by atoms with van der Waals surface area (Å²) in [6.45, 7) is 2.29. The Morgan fingerprint density at radius 1 is 1.03 bits per heavy atom. The molecule has 0 atom stereocenters. The first kappa shape index (κ1) is 24.7. The zero-order chi connectivity index (χ0) is 23.3. The lowest BCUT2D eigenvalue weighted by Crippen LogP contribution is -2.14. The number of rotatable bonds is 6. The van der Waals surface area contributed by atoms with Crippen molar-refractivity contribution in [2.75, 3.05) is 5.32 Å². The van der Waals surface area contributed by atoms with Crippen LogP contribution in [0.1, 0.15) is 16.7 Å². The van der Waals surface area contributed by atoms with Gasteiger partial charge < -0.3 is 10.1 Å². The molecule has 3 rings (SSSR count). The predicted octanol–water partition coefficient (Wildman–Crippen LogP) is 8.17. The lowest BCUT2D eigenvalue weighted by molar-refractivity contribution is -0.112. The van der Waals surface area contributed by atoms with Crippen LogP contribution in [-0.4, -0.2) is 5.91 Å². The number of amides is 1. The summed E-state index contributed by atoms with van der Waals surface area (Å²) in [5.74, 6) is 0.0122. The van der Waals surface area contributed by atoms with Gasteiger partial charge >= 0.3 is 0 Å². The fourth-order valence-corrected chi connectivity index (χ4v) is 5.86. The van der Waals surface area contributed by atoms with Crippen molar-refractivity contribution in [3.05, 3.63) is 94.8 Å². The highest BCUT2D eigenvalue weighted by atomic mass is 79.9. The van der Waals surface area contributed by atoms with Gasteiger partial charge in [0.1, 0.15) is 24.0 Å². The molecule has 32 heavy (non-hydrogen) atoms. The molecule has 0 aromatic heterocycles. The van der Waals surface area contributed by atoms with E-state index < -0.39 is 5.91 Å². The number of carbonyl (C=O) groups excluding carboxylic acids is 1. The van der Waals surface area contributed by atoms with Gasteiger partial charge in [-0.15, -0.1) is 0 Å². The van der Waals surface area contributed by atoms with Crippen molar-refractivity contribution in [2.45, 2.75) is 13.5 Å². The SMILES string of the molecule is Cc1cc(Br)c(NC(=O)/C(C#N)=C/c2cc(Br)cc(Br)c2OCc2ccccc2)c(Br)c1. The van der Waals surface area contributed by atoms with E-state index in [1.165, 1.54) is 6.08 Å². The largest absolute Gasteiger partial charge is 0.487 e. The second-order valence-electron chi connectivity index (χ2n) is 6.81. The van der Waals surface area contributed by atoms with Gasteiger partial charge in [-0.25, -0.2) is 0 Å². The van der Waals surface area contributed by atoms with Crippen LogP contribution in [0.2, 0.25) is 0 Å². The molecule has 1 N–H and O–H groups in total. The molecule has 8 heteroatoms. The van der Waals surface area contributed by atoms with Crippen LogP contribution in [0.4, 0.5) is 5.69 Å². The Morgan fingerprint density at radius 3 is 2.31 bits per heavy atom. The van der Waals surface area contributed by atoms with E-state index in [-0.39, 0.29) is 5.57 Å². The average molecular weight is 684 g/mol. The first-order chi connectivity index (χ1) is 15.3. The van der Waals surface area contributed by atoms with E-state index in [1.807, 2.05) is 61.5 Å². The molecule has 0 saturated carbocycles. The summed E-state index contributed by atoms with van der Waals surface area (Å²) in [6, 6.07) is 19.2. The number of carbonyl (C=O) groups is 1. The van der Waals surface area contributed by atoms with Crippen molar-refractivity contribution in [2.24, 2.45) is 0 Å². The lowest BCUT2D eigenvalue weighted by atomic mass is 10.1. The molecule has 4 nitrogen and oxygen atoms in total. The Kier molecular flexibility index (Phi) is 8.72. The Balaban J connectivity index is 1.92. The number of nitriles is 1. The molecule has 0 bridgehead atoms. The van der Waals surface area contributed by atoms with Crippen LogP contribution >= 0.6 is 63.7 Å². The second-order valence-corrected chi connectivity index (χ2v) is 10.3. The molecule has 0 aliphatic rings. The van der Waals surface area contributed by atoms with Gasteiger partial charge in [-0.1, -0.05) is 46.3 Å².